The molecule has 1 fully saturated rings. The van der Waals surface area contributed by atoms with Crippen LogP contribution in [0, 0.1) is 0 Å². The number of nitrogens with zero attached hydrogens (tertiary/aromatic N) is 1. The van der Waals surface area contributed by atoms with Crippen LogP contribution in [0.4, 0.5) is 5.69 Å². The molecule has 1 unspecified atom stereocenters. The van der Waals surface area contributed by atoms with E-state index in [1.165, 1.54) is 17.0 Å². The quantitative estimate of drug-likeness (QED) is 0.392. The van der Waals surface area contributed by atoms with E-state index in [1.54, 1.807) is 73.8 Å². The lowest BCUT2D eigenvalue weighted by Crippen LogP contribution is -2.29. The summed E-state index contributed by atoms with van der Waals surface area (Å²) in [7, 11) is 1.55. The number of aliphatic hydroxyl groups is 1. The zero-order valence-electron chi connectivity index (χ0n) is 16.1. The lowest BCUT2D eigenvalue weighted by atomic mass is 9.95. The van der Waals surface area contributed by atoms with Crippen molar-refractivity contribution >= 4 is 23.1 Å². The number of Topliss-reactive ketones (excluding diaryl/α,β-unsaturated/α-hetero) is 1. The van der Waals surface area contributed by atoms with Crippen molar-refractivity contribution in [2.24, 2.45) is 0 Å². The standard InChI is InChI=1S/C24H19NO5/c1-30-19-13-7-15(8-14-19)21-20(22(27)16-5-3-2-4-6-16)23(28)24(29)25(21)17-9-11-18(26)12-10-17/h2-14,21,26-27H,1H3. The second-order valence-corrected chi connectivity index (χ2v) is 6.82. The first kappa shape index (κ1) is 19.3. The first-order valence-corrected chi connectivity index (χ1v) is 9.30. The van der Waals surface area contributed by atoms with Gasteiger partial charge in [-0.2, -0.15) is 0 Å². The van der Waals surface area contributed by atoms with E-state index in [1.807, 2.05) is 0 Å². The Balaban J connectivity index is 1.92. The van der Waals surface area contributed by atoms with Gasteiger partial charge in [0.2, 0.25) is 0 Å². The van der Waals surface area contributed by atoms with Gasteiger partial charge in [-0.1, -0.05) is 42.5 Å². The highest BCUT2D eigenvalue weighted by atomic mass is 16.5. The van der Waals surface area contributed by atoms with Crippen LogP contribution in [-0.2, 0) is 9.59 Å². The number of hydrogen-bond donors (Lipinski definition) is 2. The maximum Gasteiger partial charge on any atom is 0.300 e. The third-order valence-electron chi connectivity index (χ3n) is 5.05. The number of aliphatic hydroxyl groups excluding tert-OH is 1. The minimum absolute atomic E-state index is 0.00411. The number of hydrogen-bond acceptors (Lipinski definition) is 5. The SMILES string of the molecule is COc1ccc(C2C(=C(O)c3ccccc3)C(=O)C(=O)N2c2ccc(O)cc2)cc1. The zero-order chi connectivity index (χ0) is 21.3. The number of benzene rings is 3. The van der Waals surface area contributed by atoms with E-state index in [0.717, 1.165) is 0 Å². The molecule has 1 heterocycles. The topological polar surface area (TPSA) is 87.1 Å². The highest BCUT2D eigenvalue weighted by Gasteiger charge is 2.46. The van der Waals surface area contributed by atoms with Crippen LogP contribution in [-0.4, -0.2) is 29.0 Å². The highest BCUT2D eigenvalue weighted by Crippen LogP contribution is 2.42. The van der Waals surface area contributed by atoms with Gasteiger partial charge in [0.15, 0.2) is 0 Å². The minimum atomic E-state index is -0.833. The second kappa shape index (κ2) is 7.75. The van der Waals surface area contributed by atoms with Gasteiger partial charge in [-0.15, -0.1) is 0 Å². The summed E-state index contributed by atoms with van der Waals surface area (Å²) >= 11 is 0. The van der Waals surface area contributed by atoms with Gasteiger partial charge >= 0.3 is 0 Å². The minimum Gasteiger partial charge on any atom is -0.508 e. The molecule has 0 aromatic heterocycles. The van der Waals surface area contributed by atoms with Crippen LogP contribution in [0.2, 0.25) is 0 Å². The van der Waals surface area contributed by atoms with Gasteiger partial charge < -0.3 is 14.9 Å². The van der Waals surface area contributed by atoms with E-state index < -0.39 is 17.7 Å². The van der Waals surface area contributed by atoms with Crippen LogP contribution < -0.4 is 9.64 Å². The molecule has 1 atom stereocenters. The maximum absolute atomic E-state index is 13.0. The zero-order valence-corrected chi connectivity index (χ0v) is 16.1. The molecule has 3 aromatic carbocycles. The van der Waals surface area contributed by atoms with Gasteiger partial charge in [-0.25, -0.2) is 0 Å². The number of carbonyl (C=O) groups is 2. The molecule has 3 aromatic rings. The lowest BCUT2D eigenvalue weighted by Gasteiger charge is -2.25. The third-order valence-corrected chi connectivity index (χ3v) is 5.05. The van der Waals surface area contributed by atoms with Crippen molar-refractivity contribution in [3.05, 3.63) is 95.6 Å². The van der Waals surface area contributed by atoms with Crippen molar-refractivity contribution in [2.45, 2.75) is 6.04 Å². The highest BCUT2D eigenvalue weighted by molar-refractivity contribution is 6.51. The number of aromatic hydroxyl groups is 1. The largest absolute Gasteiger partial charge is 0.508 e. The van der Waals surface area contributed by atoms with Gasteiger partial charge in [0.1, 0.15) is 17.3 Å². The Labute approximate surface area is 173 Å². The summed E-state index contributed by atoms with van der Waals surface area (Å²) in [5, 5.41) is 20.6. The molecule has 6 nitrogen and oxygen atoms in total. The number of carbonyl (C=O) groups excluding carboxylic acids is 2. The van der Waals surface area contributed by atoms with Crippen LogP contribution in [0.25, 0.3) is 5.76 Å². The Morgan fingerprint density at radius 1 is 0.900 bits per heavy atom. The number of phenolic OH excluding ortho intramolecular Hbond substituents is 1. The Kier molecular flexibility index (Phi) is 4.98. The van der Waals surface area contributed by atoms with Crippen molar-refractivity contribution in [1.29, 1.82) is 0 Å². The van der Waals surface area contributed by atoms with Gasteiger partial charge in [0, 0.05) is 11.3 Å². The number of phenols is 1. The molecule has 0 saturated carbocycles. The van der Waals surface area contributed by atoms with Crippen molar-refractivity contribution < 1.29 is 24.5 Å². The van der Waals surface area contributed by atoms with Crippen molar-refractivity contribution in [2.75, 3.05) is 12.0 Å². The monoisotopic (exact) mass is 401 g/mol. The van der Waals surface area contributed by atoms with E-state index in [2.05, 4.69) is 0 Å². The van der Waals surface area contributed by atoms with Gasteiger partial charge in [-0.05, 0) is 42.0 Å². The summed E-state index contributed by atoms with van der Waals surface area (Å²) < 4.78 is 5.21. The molecule has 150 valence electrons. The van der Waals surface area contributed by atoms with E-state index in [9.17, 15) is 19.8 Å². The van der Waals surface area contributed by atoms with E-state index in [4.69, 9.17) is 4.74 Å². The molecular formula is C24H19NO5. The molecule has 0 aliphatic carbocycles. The predicted molar refractivity (Wildman–Crippen MR) is 112 cm³/mol. The fraction of sp³-hybridized carbons (Fsp3) is 0.0833. The average Bonchev–Trinajstić information content (AvgIpc) is 3.05. The molecule has 1 aliphatic rings. The molecule has 0 bridgehead atoms. The number of methoxy groups -OCH3 is 1. The number of ketones is 1. The number of ether oxygens (including phenoxy) is 1. The summed E-state index contributed by atoms with van der Waals surface area (Å²) in [6, 6.07) is 20.8. The average molecular weight is 401 g/mol. The summed E-state index contributed by atoms with van der Waals surface area (Å²) in [6.45, 7) is 0. The summed E-state index contributed by atoms with van der Waals surface area (Å²) in [5.41, 5.74) is 1.52. The van der Waals surface area contributed by atoms with Crippen LogP contribution in [0.5, 0.6) is 11.5 Å². The molecule has 2 N–H and O–H groups in total. The molecule has 30 heavy (non-hydrogen) atoms. The molecule has 1 amide bonds. The van der Waals surface area contributed by atoms with Crippen molar-refractivity contribution in [1.82, 2.24) is 0 Å². The fourth-order valence-corrected chi connectivity index (χ4v) is 3.57. The Morgan fingerprint density at radius 2 is 1.53 bits per heavy atom. The van der Waals surface area contributed by atoms with E-state index >= 15 is 0 Å². The maximum atomic E-state index is 13.0. The normalized spacial score (nSPS) is 17.9. The smallest absolute Gasteiger partial charge is 0.300 e. The van der Waals surface area contributed by atoms with Crippen molar-refractivity contribution in [3.63, 3.8) is 0 Å². The Morgan fingerprint density at radius 3 is 2.13 bits per heavy atom. The van der Waals surface area contributed by atoms with Gasteiger partial charge in [0.05, 0.1) is 18.7 Å². The molecule has 0 radical (unpaired) electrons. The third kappa shape index (κ3) is 3.28. The fourth-order valence-electron chi connectivity index (χ4n) is 3.57. The van der Waals surface area contributed by atoms with Crippen LogP contribution >= 0.6 is 0 Å². The molecule has 1 aliphatic heterocycles. The van der Waals surface area contributed by atoms with Crippen molar-refractivity contribution in [3.8, 4) is 11.5 Å². The molecular weight excluding hydrogens is 382 g/mol. The second-order valence-electron chi connectivity index (χ2n) is 6.82. The van der Waals surface area contributed by atoms with Gasteiger partial charge in [-0.3, -0.25) is 14.5 Å². The Hall–Kier alpha value is -4.06. The number of amides is 1. The first-order valence-electron chi connectivity index (χ1n) is 9.30. The first-order chi connectivity index (χ1) is 14.5. The summed E-state index contributed by atoms with van der Waals surface area (Å²) in [5.74, 6) is -1.09. The van der Waals surface area contributed by atoms with Crippen LogP contribution in [0.1, 0.15) is 17.2 Å². The van der Waals surface area contributed by atoms with E-state index in [-0.39, 0.29) is 17.1 Å². The number of anilines is 1. The molecule has 4 rings (SSSR count). The number of rotatable bonds is 4. The van der Waals surface area contributed by atoms with Crippen LogP contribution in [0.15, 0.2) is 84.4 Å². The summed E-state index contributed by atoms with van der Waals surface area (Å²) in [6.07, 6.45) is 0. The van der Waals surface area contributed by atoms with E-state index in [0.29, 0.717) is 22.6 Å². The lowest BCUT2D eigenvalue weighted by molar-refractivity contribution is -0.132. The molecule has 1 saturated heterocycles. The molecule has 6 heteroatoms. The Bertz CT molecular complexity index is 1120. The predicted octanol–water partition coefficient (Wildman–Crippen LogP) is 4.03. The van der Waals surface area contributed by atoms with Gasteiger partial charge in [0.25, 0.3) is 11.7 Å². The van der Waals surface area contributed by atoms with Crippen LogP contribution in [0.3, 0.4) is 0 Å². The summed E-state index contributed by atoms with van der Waals surface area (Å²) in [4.78, 5) is 27.3. The molecule has 0 spiro atoms.